The first-order valence-electron chi connectivity index (χ1n) is 23.1. The van der Waals surface area contributed by atoms with Crippen molar-refractivity contribution >= 4 is 70.6 Å². The number of carbonyl (C=O) groups excluding carboxylic acids is 10. The first-order valence-corrected chi connectivity index (χ1v) is 23.1. The van der Waals surface area contributed by atoms with E-state index in [9.17, 15) is 93.3 Å². The molecule has 4 aliphatic rings. The summed E-state index contributed by atoms with van der Waals surface area (Å²) in [5.74, 6) is -9.97. The van der Waals surface area contributed by atoms with Crippen LogP contribution in [0.1, 0.15) is 99.8 Å². The summed E-state index contributed by atoms with van der Waals surface area (Å²) < 4.78 is 29.1. The van der Waals surface area contributed by atoms with E-state index < -0.39 is 181 Å². The van der Waals surface area contributed by atoms with Crippen LogP contribution < -0.4 is 11.1 Å². The van der Waals surface area contributed by atoms with Gasteiger partial charge in [0.05, 0.1) is 56.8 Å². The Hall–Kier alpha value is -5.52. The average Bonchev–Trinajstić information content (AvgIpc) is 3.70. The maximum absolute atomic E-state index is 12.1. The van der Waals surface area contributed by atoms with Gasteiger partial charge in [-0.05, 0) is 48.5 Å². The third-order valence-corrected chi connectivity index (χ3v) is 11.2. The zero-order valence-electron chi connectivity index (χ0n) is 44.2. The Balaban J connectivity index is 0. The smallest absolute Gasteiger partial charge is 0.346 e. The number of aliphatic hydroxyl groups is 9. The number of ketones is 5. The molecular formula is C46H74N2O29. The minimum atomic E-state index is -2.53. The highest BCUT2D eigenvalue weighted by Gasteiger charge is 2.50. The van der Waals surface area contributed by atoms with Crippen LogP contribution in [0.5, 0.6) is 0 Å². The molecule has 1 amide bonds. The van der Waals surface area contributed by atoms with Crippen molar-refractivity contribution in [2.24, 2.45) is 5.73 Å². The first kappa shape index (κ1) is 73.6. The zero-order valence-corrected chi connectivity index (χ0v) is 44.2. The molecule has 0 aromatic carbocycles. The summed E-state index contributed by atoms with van der Waals surface area (Å²) in [6.07, 6.45) is -9.93. The zero-order chi connectivity index (χ0) is 60.7. The van der Waals surface area contributed by atoms with Crippen LogP contribution >= 0.6 is 0 Å². The number of hydrogen-bond donors (Lipinski definition) is 13. The summed E-state index contributed by atoms with van der Waals surface area (Å²) in [4.78, 5) is 130. The molecule has 13 unspecified atom stereocenters. The Morgan fingerprint density at radius 3 is 1.21 bits per heavy atom. The molecule has 0 spiro atoms. The van der Waals surface area contributed by atoms with Crippen LogP contribution in [-0.4, -0.2) is 245 Å². The normalized spacial score (nSPS) is 29.1. The summed E-state index contributed by atoms with van der Waals surface area (Å²) in [6, 6.07) is -1.41. The standard InChI is InChI=1S/C15H25NO9.C8H17NO4.C8H12O5.2C7H8O5.CH4O/c1-7(18)4-15(23,14(21)22)5-10(19)16-11-8(2)25-9(6-17)13(24-3)12(11)20;1-4-6(9)7(11)8(12-2)5(3-10)13-4;1-5(9)3-8(13,7(11)12)4-6(2)10;2*1-4(8)2-7(11)3-5(9)12-6(7)10;1-2/h8-9,11-13,17,20,23H,4-6H2,1-3H3,(H,16,19)(H,21,22);4-8,10-11H,3,9H2,1-2H3;13H,3-4H2,1-2H3,(H,11,12);2*11H,2-3H2,1H3;2H,1H3. The number of rotatable bonds is 19. The number of nitrogens with two attached hydrogens (primary N) is 1. The maximum atomic E-state index is 12.1. The Bertz CT molecular complexity index is 2010. The fourth-order valence-corrected chi connectivity index (χ4v) is 7.73. The Labute approximate surface area is 440 Å². The molecule has 0 saturated carbocycles. The summed E-state index contributed by atoms with van der Waals surface area (Å²) in [6.45, 7) is 8.64. The minimum Gasteiger partial charge on any atom is -0.479 e. The quantitative estimate of drug-likeness (QED) is 0.0423. The van der Waals surface area contributed by atoms with Crippen LogP contribution in [0.3, 0.4) is 0 Å². The number of aliphatic hydroxyl groups excluding tert-OH is 5. The predicted octanol–water partition coefficient (Wildman–Crippen LogP) is -6.01. The number of nitrogens with one attached hydrogen (secondary N) is 1. The van der Waals surface area contributed by atoms with Crippen molar-refractivity contribution < 1.29 is 142 Å². The van der Waals surface area contributed by atoms with E-state index in [2.05, 4.69) is 14.8 Å². The van der Waals surface area contributed by atoms with E-state index in [4.69, 9.17) is 45.1 Å². The molecule has 31 nitrogen and oxygen atoms in total. The molecule has 4 saturated heterocycles. The second-order valence-electron chi connectivity index (χ2n) is 18.4. The molecule has 0 aromatic rings. The van der Waals surface area contributed by atoms with E-state index in [0.717, 1.165) is 27.9 Å². The lowest BCUT2D eigenvalue weighted by Gasteiger charge is -2.43. The van der Waals surface area contributed by atoms with Gasteiger partial charge >= 0.3 is 35.8 Å². The lowest BCUT2D eigenvalue weighted by atomic mass is 9.91. The van der Waals surface area contributed by atoms with Gasteiger partial charge in [-0.1, -0.05) is 0 Å². The second-order valence-corrected chi connectivity index (χ2v) is 18.4. The fraction of sp³-hybridized carbons (Fsp3) is 0.739. The van der Waals surface area contributed by atoms with Gasteiger partial charge in [-0.3, -0.25) is 38.4 Å². The molecular weight excluding hydrogens is 1040 g/mol. The van der Waals surface area contributed by atoms with Gasteiger partial charge in [-0.2, -0.15) is 0 Å². The molecule has 14 N–H and O–H groups in total. The van der Waals surface area contributed by atoms with Gasteiger partial charge in [0, 0.05) is 53.4 Å². The highest BCUT2D eigenvalue weighted by atomic mass is 16.6. The number of hydrogen-bond acceptors (Lipinski definition) is 28. The third kappa shape index (κ3) is 23.5. The van der Waals surface area contributed by atoms with Crippen LogP contribution in [0.2, 0.25) is 0 Å². The van der Waals surface area contributed by atoms with Gasteiger partial charge in [0.1, 0.15) is 65.5 Å². The minimum absolute atomic E-state index is 0.174. The number of Topliss-reactive ketones (excluding diaryl/α,β-unsaturated/α-hetero) is 5. The number of amides is 1. The van der Waals surface area contributed by atoms with Crippen LogP contribution in [0, 0.1) is 0 Å². The van der Waals surface area contributed by atoms with E-state index in [1.807, 2.05) is 0 Å². The third-order valence-electron chi connectivity index (χ3n) is 11.2. The van der Waals surface area contributed by atoms with E-state index >= 15 is 0 Å². The van der Waals surface area contributed by atoms with Gasteiger partial charge in [-0.25, -0.2) is 19.2 Å². The molecule has 4 fully saturated rings. The summed E-state index contributed by atoms with van der Waals surface area (Å²) in [7, 11) is 3.77. The number of carbonyl (C=O) groups is 12. The molecule has 31 heteroatoms. The number of carboxylic acid groups (broad SMARTS) is 2. The number of carboxylic acids is 2. The molecule has 4 aliphatic heterocycles. The second kappa shape index (κ2) is 33.0. The average molecular weight is 1120 g/mol. The molecule has 0 radical (unpaired) electrons. The molecule has 4 heterocycles. The van der Waals surface area contributed by atoms with Gasteiger partial charge in [0.2, 0.25) is 5.91 Å². The highest BCUT2D eigenvalue weighted by molar-refractivity contribution is 6.02. The van der Waals surface area contributed by atoms with Crippen molar-refractivity contribution in [2.75, 3.05) is 34.5 Å². The highest BCUT2D eigenvalue weighted by Crippen LogP contribution is 2.27. The summed E-state index contributed by atoms with van der Waals surface area (Å²) >= 11 is 0. The molecule has 4 rings (SSSR count). The van der Waals surface area contributed by atoms with Crippen molar-refractivity contribution in [3.8, 4) is 0 Å². The number of esters is 4. The monoisotopic (exact) mass is 1120 g/mol. The number of cyclic esters (lactones) is 4. The molecule has 77 heavy (non-hydrogen) atoms. The van der Waals surface area contributed by atoms with Crippen LogP contribution in [0.25, 0.3) is 0 Å². The fourth-order valence-electron chi connectivity index (χ4n) is 7.73. The van der Waals surface area contributed by atoms with Crippen molar-refractivity contribution in [3.05, 3.63) is 0 Å². The number of aliphatic carboxylic acids is 2. The number of methoxy groups -OCH3 is 2. The van der Waals surface area contributed by atoms with Crippen molar-refractivity contribution in [1.82, 2.24) is 5.32 Å². The summed E-state index contributed by atoms with van der Waals surface area (Å²) in [5, 5.41) is 103. The summed E-state index contributed by atoms with van der Waals surface area (Å²) in [5.41, 5.74) is -2.93. The Morgan fingerprint density at radius 2 is 0.935 bits per heavy atom. The van der Waals surface area contributed by atoms with Gasteiger partial charge < -0.3 is 95.6 Å². The van der Waals surface area contributed by atoms with Crippen LogP contribution in [0.15, 0.2) is 0 Å². The molecule has 0 bridgehead atoms. The van der Waals surface area contributed by atoms with Gasteiger partial charge in [0.15, 0.2) is 22.4 Å². The maximum Gasteiger partial charge on any atom is 0.346 e. The topological polar surface area (TPSA) is 521 Å². The SMILES string of the molecule is CC(=O)CC(O)(CC(C)=O)C(=O)O.CC(=O)CC1(O)CC(=O)OC1=O.CC(=O)CC1(O)CC(=O)OC1=O.CO.COC1C(CO)OC(C)C(N)C1O.COC1C(CO)OC(C)C(NC(=O)CC(O)(CC(C)=O)C(=O)O)C1O. The van der Waals surface area contributed by atoms with Crippen LogP contribution in [0.4, 0.5) is 0 Å². The molecule has 13 atom stereocenters. The largest absolute Gasteiger partial charge is 0.479 e. The van der Waals surface area contributed by atoms with E-state index in [1.165, 1.54) is 28.1 Å². The lowest BCUT2D eigenvalue weighted by molar-refractivity contribution is -0.200. The predicted molar refractivity (Wildman–Crippen MR) is 252 cm³/mol. The van der Waals surface area contributed by atoms with Gasteiger partial charge in [0.25, 0.3) is 0 Å². The lowest BCUT2D eigenvalue weighted by Crippen LogP contribution is -2.64. The van der Waals surface area contributed by atoms with Crippen LogP contribution in [-0.2, 0) is 86.0 Å². The van der Waals surface area contributed by atoms with Gasteiger partial charge in [-0.15, -0.1) is 0 Å². The Kier molecular flexibility index (Phi) is 31.6. The van der Waals surface area contributed by atoms with E-state index in [-0.39, 0.29) is 37.1 Å². The number of ether oxygens (including phenoxy) is 6. The molecule has 0 aliphatic carbocycles. The Morgan fingerprint density at radius 1 is 0.610 bits per heavy atom. The van der Waals surface area contributed by atoms with Crippen molar-refractivity contribution in [3.63, 3.8) is 0 Å². The molecule has 442 valence electrons. The van der Waals surface area contributed by atoms with E-state index in [1.54, 1.807) is 13.8 Å². The van der Waals surface area contributed by atoms with E-state index in [0.29, 0.717) is 0 Å². The van der Waals surface area contributed by atoms with Crippen molar-refractivity contribution in [1.29, 1.82) is 0 Å². The molecule has 0 aromatic heterocycles. The first-order chi connectivity index (χ1) is 35.3. The van der Waals surface area contributed by atoms with Crippen molar-refractivity contribution in [2.45, 2.75) is 183 Å².